The number of carbonyl (C=O) groups excluding carboxylic acids is 1. The first kappa shape index (κ1) is 8.97. The molecular formula is C9H16N2O2. The molecule has 2 aliphatic rings. The van der Waals surface area contributed by atoms with E-state index in [2.05, 4.69) is 10.2 Å². The molecule has 2 rings (SSSR count). The largest absolute Gasteiger partial charge is 0.379 e. The molecule has 4 heteroatoms. The zero-order valence-corrected chi connectivity index (χ0v) is 7.79. The van der Waals surface area contributed by atoms with Crippen LogP contribution in [0, 0.1) is 0 Å². The predicted octanol–water partition coefficient (Wildman–Crippen LogP) is -0.403. The van der Waals surface area contributed by atoms with E-state index < -0.39 is 0 Å². The number of hydrogen-bond donors (Lipinski definition) is 1. The Labute approximate surface area is 78.2 Å². The minimum Gasteiger partial charge on any atom is -0.379 e. The quantitative estimate of drug-likeness (QED) is 0.648. The third-order valence-electron chi connectivity index (χ3n) is 2.61. The lowest BCUT2D eigenvalue weighted by molar-refractivity contribution is -0.123. The Hall–Kier alpha value is -0.610. The van der Waals surface area contributed by atoms with Crippen molar-refractivity contribution in [1.82, 2.24) is 10.2 Å². The molecule has 0 aliphatic carbocycles. The van der Waals surface area contributed by atoms with Gasteiger partial charge >= 0.3 is 0 Å². The van der Waals surface area contributed by atoms with Crippen LogP contribution in [0.5, 0.6) is 0 Å². The van der Waals surface area contributed by atoms with Crippen molar-refractivity contribution in [2.75, 3.05) is 32.8 Å². The molecule has 0 aromatic rings. The van der Waals surface area contributed by atoms with Crippen LogP contribution in [0.15, 0.2) is 0 Å². The fraction of sp³-hybridized carbons (Fsp3) is 0.889. The third kappa shape index (κ3) is 2.42. The lowest BCUT2D eigenvalue weighted by Gasteiger charge is -2.30. The van der Waals surface area contributed by atoms with Crippen LogP contribution in [0.4, 0.5) is 0 Å². The molecule has 74 valence electrons. The highest BCUT2D eigenvalue weighted by Crippen LogP contribution is 2.06. The van der Waals surface area contributed by atoms with E-state index in [0.717, 1.165) is 26.1 Å². The van der Waals surface area contributed by atoms with E-state index in [0.29, 0.717) is 13.2 Å². The number of ether oxygens (including phenoxy) is 1. The summed E-state index contributed by atoms with van der Waals surface area (Å²) in [6.45, 7) is 4.19. The van der Waals surface area contributed by atoms with Gasteiger partial charge in [0, 0.05) is 6.61 Å². The predicted molar refractivity (Wildman–Crippen MR) is 48.4 cm³/mol. The van der Waals surface area contributed by atoms with Crippen LogP contribution in [0.25, 0.3) is 0 Å². The monoisotopic (exact) mass is 184 g/mol. The second-order valence-corrected chi connectivity index (χ2v) is 3.76. The number of amides is 1. The van der Waals surface area contributed by atoms with Crippen LogP contribution in [-0.4, -0.2) is 49.7 Å². The van der Waals surface area contributed by atoms with Gasteiger partial charge in [0.2, 0.25) is 5.91 Å². The highest BCUT2D eigenvalue weighted by molar-refractivity contribution is 5.78. The average molecular weight is 184 g/mol. The number of nitrogens with zero attached hydrogens (tertiary/aromatic N) is 1. The van der Waals surface area contributed by atoms with Crippen LogP contribution in [0.3, 0.4) is 0 Å². The van der Waals surface area contributed by atoms with Crippen molar-refractivity contribution in [3.8, 4) is 0 Å². The van der Waals surface area contributed by atoms with Gasteiger partial charge in [-0.3, -0.25) is 9.69 Å². The Morgan fingerprint density at radius 1 is 1.54 bits per heavy atom. The van der Waals surface area contributed by atoms with E-state index in [1.54, 1.807) is 0 Å². The van der Waals surface area contributed by atoms with Gasteiger partial charge in [-0.25, -0.2) is 0 Å². The van der Waals surface area contributed by atoms with Crippen molar-refractivity contribution in [2.45, 2.75) is 18.9 Å². The highest BCUT2D eigenvalue weighted by atomic mass is 16.5. The fourth-order valence-electron chi connectivity index (χ4n) is 1.66. The van der Waals surface area contributed by atoms with Crippen molar-refractivity contribution >= 4 is 5.91 Å². The zero-order valence-electron chi connectivity index (χ0n) is 7.79. The minimum atomic E-state index is 0.148. The number of nitrogens with one attached hydrogen (secondary N) is 1. The molecule has 4 nitrogen and oxygen atoms in total. The molecule has 1 unspecified atom stereocenters. The van der Waals surface area contributed by atoms with Crippen molar-refractivity contribution < 1.29 is 9.53 Å². The first-order valence-electron chi connectivity index (χ1n) is 4.94. The topological polar surface area (TPSA) is 41.6 Å². The Morgan fingerprint density at radius 2 is 2.38 bits per heavy atom. The molecule has 2 fully saturated rings. The molecule has 1 N–H and O–H groups in total. The Kier molecular flexibility index (Phi) is 2.80. The minimum absolute atomic E-state index is 0.148. The van der Waals surface area contributed by atoms with Gasteiger partial charge in [0.1, 0.15) is 0 Å². The van der Waals surface area contributed by atoms with E-state index in [1.807, 2.05) is 0 Å². The van der Waals surface area contributed by atoms with Crippen LogP contribution in [-0.2, 0) is 9.53 Å². The summed E-state index contributed by atoms with van der Waals surface area (Å²) in [7, 11) is 0. The van der Waals surface area contributed by atoms with Crippen molar-refractivity contribution in [3.05, 3.63) is 0 Å². The van der Waals surface area contributed by atoms with Gasteiger partial charge < -0.3 is 10.1 Å². The number of rotatable bonds is 3. The Balaban J connectivity index is 1.64. The molecule has 0 aromatic heterocycles. The molecule has 0 spiro atoms. The molecule has 13 heavy (non-hydrogen) atoms. The molecular weight excluding hydrogens is 168 g/mol. The second kappa shape index (κ2) is 4.07. The summed E-state index contributed by atoms with van der Waals surface area (Å²) in [5.41, 5.74) is 0. The van der Waals surface area contributed by atoms with Crippen molar-refractivity contribution in [3.63, 3.8) is 0 Å². The molecule has 1 atom stereocenters. The van der Waals surface area contributed by atoms with E-state index in [4.69, 9.17) is 4.74 Å². The summed E-state index contributed by atoms with van der Waals surface area (Å²) >= 11 is 0. The number of likely N-dealkylation sites (tertiary alicyclic amines) is 1. The molecule has 2 saturated heterocycles. The molecule has 2 heterocycles. The van der Waals surface area contributed by atoms with Crippen LogP contribution in [0.2, 0.25) is 0 Å². The van der Waals surface area contributed by atoms with Crippen molar-refractivity contribution in [2.24, 2.45) is 0 Å². The molecule has 0 saturated carbocycles. The Bertz CT molecular complexity index is 186. The number of carbonyl (C=O) groups is 1. The summed E-state index contributed by atoms with van der Waals surface area (Å²) < 4.78 is 5.17. The van der Waals surface area contributed by atoms with E-state index in [1.165, 1.54) is 6.42 Å². The maximum absolute atomic E-state index is 11.4. The summed E-state index contributed by atoms with van der Waals surface area (Å²) in [5.74, 6) is 0.148. The van der Waals surface area contributed by atoms with Gasteiger partial charge in [-0.2, -0.15) is 0 Å². The third-order valence-corrected chi connectivity index (χ3v) is 2.61. The maximum atomic E-state index is 11.4. The van der Waals surface area contributed by atoms with Gasteiger partial charge in [-0.15, -0.1) is 0 Å². The lowest BCUT2D eigenvalue weighted by Crippen LogP contribution is -2.47. The van der Waals surface area contributed by atoms with Gasteiger partial charge in [-0.1, -0.05) is 0 Å². The summed E-state index contributed by atoms with van der Waals surface area (Å²) in [5, 5.41) is 2.97. The Morgan fingerprint density at radius 3 is 2.92 bits per heavy atom. The van der Waals surface area contributed by atoms with E-state index in [9.17, 15) is 4.79 Å². The van der Waals surface area contributed by atoms with Gasteiger partial charge in [0.25, 0.3) is 0 Å². The molecule has 1 amide bonds. The summed E-state index contributed by atoms with van der Waals surface area (Å²) in [6, 6.07) is 0.258. The smallest absolute Gasteiger partial charge is 0.234 e. The average Bonchev–Trinajstić information content (AvgIpc) is 2.49. The highest BCUT2D eigenvalue weighted by Gasteiger charge is 2.21. The van der Waals surface area contributed by atoms with Crippen LogP contribution >= 0.6 is 0 Å². The van der Waals surface area contributed by atoms with Crippen molar-refractivity contribution in [1.29, 1.82) is 0 Å². The lowest BCUT2D eigenvalue weighted by atomic mass is 10.2. The molecule has 0 radical (unpaired) electrons. The SMILES string of the molecule is O=C(CN1CCC1)NC1CCOC1. The first-order valence-corrected chi connectivity index (χ1v) is 4.94. The first-order chi connectivity index (χ1) is 6.34. The molecule has 0 aromatic carbocycles. The van der Waals surface area contributed by atoms with E-state index in [-0.39, 0.29) is 11.9 Å². The summed E-state index contributed by atoms with van der Waals surface area (Å²) in [6.07, 6.45) is 2.20. The maximum Gasteiger partial charge on any atom is 0.234 e. The van der Waals surface area contributed by atoms with Gasteiger partial charge in [0.15, 0.2) is 0 Å². The molecule has 0 bridgehead atoms. The van der Waals surface area contributed by atoms with Crippen LogP contribution < -0.4 is 5.32 Å². The standard InChI is InChI=1S/C9H16N2O2/c12-9(6-11-3-1-4-11)10-8-2-5-13-7-8/h8H,1-7H2,(H,10,12). The van der Waals surface area contributed by atoms with E-state index >= 15 is 0 Å². The molecule has 2 aliphatic heterocycles. The fourth-order valence-corrected chi connectivity index (χ4v) is 1.66. The van der Waals surface area contributed by atoms with Gasteiger partial charge in [-0.05, 0) is 25.9 Å². The summed E-state index contributed by atoms with van der Waals surface area (Å²) in [4.78, 5) is 13.6. The number of hydrogen-bond acceptors (Lipinski definition) is 3. The van der Waals surface area contributed by atoms with Gasteiger partial charge in [0.05, 0.1) is 19.2 Å². The second-order valence-electron chi connectivity index (χ2n) is 3.76. The van der Waals surface area contributed by atoms with Crippen LogP contribution in [0.1, 0.15) is 12.8 Å². The normalized spacial score (nSPS) is 28.5. The zero-order chi connectivity index (χ0) is 9.10.